The van der Waals surface area contributed by atoms with E-state index >= 15 is 0 Å². The molecule has 7 nitrogen and oxygen atoms in total. The van der Waals surface area contributed by atoms with Crippen molar-refractivity contribution in [1.82, 2.24) is 14.6 Å². The number of hydrogen-bond donors (Lipinski definition) is 1. The molecule has 1 aliphatic heterocycles. The standard InChI is InChI=1S/C25H30N4O3S2/c1-18-27-23(17-33-18)20-9-7-19(8-10-20)16-26-25(30)22-15-21(34(31,32)28(2)3)11-12-24(22)29-13-5-4-6-14-29/h7-12,15,17H,4-6,13-14,16H2,1-3H3,(H,26,30). The molecule has 34 heavy (non-hydrogen) atoms. The predicted molar refractivity (Wildman–Crippen MR) is 137 cm³/mol. The van der Waals surface area contributed by atoms with Gasteiger partial charge >= 0.3 is 0 Å². The quantitative estimate of drug-likeness (QED) is 0.526. The van der Waals surface area contributed by atoms with E-state index in [-0.39, 0.29) is 10.8 Å². The molecule has 0 radical (unpaired) electrons. The van der Waals surface area contributed by atoms with Gasteiger partial charge in [0.2, 0.25) is 10.0 Å². The lowest BCUT2D eigenvalue weighted by molar-refractivity contribution is 0.0951. The highest BCUT2D eigenvalue weighted by atomic mass is 32.2. The Labute approximate surface area is 205 Å². The molecule has 9 heteroatoms. The van der Waals surface area contributed by atoms with Crippen LogP contribution in [-0.2, 0) is 16.6 Å². The molecule has 0 saturated carbocycles. The Morgan fingerprint density at radius 1 is 1.09 bits per heavy atom. The summed E-state index contributed by atoms with van der Waals surface area (Å²) in [4.78, 5) is 20.1. The first-order valence-corrected chi connectivity index (χ1v) is 13.7. The van der Waals surface area contributed by atoms with E-state index in [9.17, 15) is 13.2 Å². The van der Waals surface area contributed by atoms with Crippen LogP contribution in [0.5, 0.6) is 0 Å². The van der Waals surface area contributed by atoms with Gasteiger partial charge in [-0.15, -0.1) is 11.3 Å². The summed E-state index contributed by atoms with van der Waals surface area (Å²) >= 11 is 1.61. The largest absolute Gasteiger partial charge is 0.371 e. The van der Waals surface area contributed by atoms with E-state index in [4.69, 9.17) is 0 Å². The van der Waals surface area contributed by atoms with Crippen LogP contribution in [0, 0.1) is 6.92 Å². The van der Waals surface area contributed by atoms with E-state index in [1.807, 2.05) is 36.6 Å². The van der Waals surface area contributed by atoms with Crippen LogP contribution in [0.15, 0.2) is 52.7 Å². The molecule has 1 amide bonds. The van der Waals surface area contributed by atoms with E-state index in [0.717, 1.165) is 57.8 Å². The maximum absolute atomic E-state index is 13.3. The van der Waals surface area contributed by atoms with Crippen molar-refractivity contribution in [2.45, 2.75) is 37.6 Å². The van der Waals surface area contributed by atoms with Gasteiger partial charge < -0.3 is 10.2 Å². The van der Waals surface area contributed by atoms with Crippen molar-refractivity contribution in [2.75, 3.05) is 32.1 Å². The Hall–Kier alpha value is -2.75. The highest BCUT2D eigenvalue weighted by Crippen LogP contribution is 2.28. The lowest BCUT2D eigenvalue weighted by Crippen LogP contribution is -2.33. The predicted octanol–water partition coefficient (Wildman–Crippen LogP) is 4.29. The monoisotopic (exact) mass is 498 g/mol. The first-order chi connectivity index (χ1) is 16.3. The fraction of sp³-hybridized carbons (Fsp3) is 0.360. The number of aromatic nitrogens is 1. The molecule has 1 saturated heterocycles. The number of benzene rings is 2. The van der Waals surface area contributed by atoms with Crippen LogP contribution < -0.4 is 10.2 Å². The normalized spacial score (nSPS) is 14.4. The Bertz CT molecular complexity index is 1260. The number of piperidine rings is 1. The molecule has 180 valence electrons. The van der Waals surface area contributed by atoms with Crippen LogP contribution in [0.25, 0.3) is 11.3 Å². The Kier molecular flexibility index (Phi) is 7.35. The van der Waals surface area contributed by atoms with Crippen molar-refractivity contribution in [2.24, 2.45) is 0 Å². The number of hydrogen-bond acceptors (Lipinski definition) is 6. The third-order valence-electron chi connectivity index (χ3n) is 6.01. The minimum absolute atomic E-state index is 0.117. The number of carbonyl (C=O) groups is 1. The molecule has 0 unspecified atom stereocenters. The summed E-state index contributed by atoms with van der Waals surface area (Å²) in [6, 6.07) is 12.8. The van der Waals surface area contributed by atoms with Crippen molar-refractivity contribution in [1.29, 1.82) is 0 Å². The average Bonchev–Trinajstić information content (AvgIpc) is 3.29. The number of rotatable bonds is 7. The molecule has 1 fully saturated rings. The van der Waals surface area contributed by atoms with Crippen LogP contribution in [0.3, 0.4) is 0 Å². The molecule has 0 spiro atoms. The van der Waals surface area contributed by atoms with Gasteiger partial charge in [0.1, 0.15) is 0 Å². The Balaban J connectivity index is 1.55. The first-order valence-electron chi connectivity index (χ1n) is 11.4. The van der Waals surface area contributed by atoms with Crippen LogP contribution in [0.4, 0.5) is 5.69 Å². The van der Waals surface area contributed by atoms with Crippen LogP contribution in [0.2, 0.25) is 0 Å². The zero-order valence-corrected chi connectivity index (χ0v) is 21.4. The van der Waals surface area contributed by atoms with Gasteiger partial charge in [0.25, 0.3) is 5.91 Å². The molecule has 2 aromatic carbocycles. The van der Waals surface area contributed by atoms with E-state index in [2.05, 4.69) is 15.2 Å². The van der Waals surface area contributed by atoms with Gasteiger partial charge in [-0.2, -0.15) is 0 Å². The highest BCUT2D eigenvalue weighted by Gasteiger charge is 2.24. The van der Waals surface area contributed by atoms with Gasteiger partial charge in [-0.05, 0) is 49.9 Å². The third kappa shape index (κ3) is 5.32. The third-order valence-corrected chi connectivity index (χ3v) is 8.59. The summed E-state index contributed by atoms with van der Waals surface area (Å²) in [5.74, 6) is -0.282. The van der Waals surface area contributed by atoms with Gasteiger partial charge in [0.05, 0.1) is 21.2 Å². The smallest absolute Gasteiger partial charge is 0.253 e. The molecule has 0 aliphatic carbocycles. The number of nitrogens with zero attached hydrogens (tertiary/aromatic N) is 3. The van der Waals surface area contributed by atoms with Crippen LogP contribution >= 0.6 is 11.3 Å². The maximum atomic E-state index is 13.3. The van der Waals surface area contributed by atoms with Gasteiger partial charge in [0, 0.05) is 50.4 Å². The number of thiazole rings is 1. The average molecular weight is 499 g/mol. The lowest BCUT2D eigenvalue weighted by Gasteiger charge is -2.30. The Morgan fingerprint density at radius 3 is 2.41 bits per heavy atom. The molecule has 1 aromatic heterocycles. The minimum atomic E-state index is -3.65. The topological polar surface area (TPSA) is 82.6 Å². The van der Waals surface area contributed by atoms with Crippen molar-refractivity contribution < 1.29 is 13.2 Å². The fourth-order valence-electron chi connectivity index (χ4n) is 4.05. The van der Waals surface area contributed by atoms with Gasteiger partial charge in [0.15, 0.2) is 0 Å². The molecular formula is C25H30N4O3S2. The van der Waals surface area contributed by atoms with Gasteiger partial charge in [-0.3, -0.25) is 4.79 Å². The number of aryl methyl sites for hydroxylation is 1. The van der Waals surface area contributed by atoms with Crippen molar-refractivity contribution in [3.05, 3.63) is 64.0 Å². The summed E-state index contributed by atoms with van der Waals surface area (Å²) < 4.78 is 26.6. The van der Waals surface area contributed by atoms with Crippen LogP contribution in [0.1, 0.15) is 40.2 Å². The van der Waals surface area contributed by atoms with E-state index in [1.165, 1.54) is 26.6 Å². The summed E-state index contributed by atoms with van der Waals surface area (Å²) in [7, 11) is -0.667. The zero-order chi connectivity index (χ0) is 24.3. The second kappa shape index (κ2) is 10.2. The number of amides is 1. The summed E-state index contributed by atoms with van der Waals surface area (Å²) in [6.45, 7) is 4.05. The maximum Gasteiger partial charge on any atom is 0.253 e. The molecule has 2 heterocycles. The molecule has 4 rings (SSSR count). The lowest BCUT2D eigenvalue weighted by atomic mass is 10.1. The molecule has 3 aromatic rings. The number of sulfonamides is 1. The first kappa shape index (κ1) is 24.4. The van der Waals surface area contributed by atoms with Crippen molar-refractivity contribution >= 4 is 33.0 Å². The number of anilines is 1. The minimum Gasteiger partial charge on any atom is -0.371 e. The van der Waals surface area contributed by atoms with Crippen molar-refractivity contribution in [3.8, 4) is 11.3 Å². The Morgan fingerprint density at radius 2 is 1.79 bits per heavy atom. The molecule has 1 aliphatic rings. The highest BCUT2D eigenvalue weighted by molar-refractivity contribution is 7.89. The second-order valence-electron chi connectivity index (χ2n) is 8.65. The summed E-state index contributed by atoms with van der Waals surface area (Å²) in [5, 5.41) is 6.03. The van der Waals surface area contributed by atoms with Crippen LogP contribution in [-0.4, -0.2) is 50.8 Å². The summed E-state index contributed by atoms with van der Waals surface area (Å²) in [5.41, 5.74) is 4.11. The number of carbonyl (C=O) groups excluding carboxylic acids is 1. The zero-order valence-electron chi connectivity index (χ0n) is 19.7. The second-order valence-corrected chi connectivity index (χ2v) is 11.9. The van der Waals surface area contributed by atoms with E-state index < -0.39 is 10.0 Å². The molecule has 0 bridgehead atoms. The van der Waals surface area contributed by atoms with Crippen molar-refractivity contribution in [3.63, 3.8) is 0 Å². The van der Waals surface area contributed by atoms with E-state index in [1.54, 1.807) is 23.5 Å². The van der Waals surface area contributed by atoms with Gasteiger partial charge in [-0.25, -0.2) is 17.7 Å². The van der Waals surface area contributed by atoms with E-state index in [0.29, 0.717) is 12.1 Å². The molecule has 0 atom stereocenters. The number of nitrogens with one attached hydrogen (secondary N) is 1. The fourth-order valence-corrected chi connectivity index (χ4v) is 5.60. The molecule has 1 N–H and O–H groups in total. The molecular weight excluding hydrogens is 468 g/mol. The van der Waals surface area contributed by atoms with Gasteiger partial charge in [-0.1, -0.05) is 24.3 Å². The SMILES string of the molecule is Cc1nc(-c2ccc(CNC(=O)c3cc(S(=O)(=O)N(C)C)ccc3N3CCCCC3)cc2)cs1. The summed E-state index contributed by atoms with van der Waals surface area (Å²) in [6.07, 6.45) is 3.29.